The minimum atomic E-state index is -3.60. The normalized spacial score (nSPS) is 13.4. The maximum Gasteiger partial charge on any atom is 0.268 e. The Kier molecular flexibility index (Phi) is 3.92. The number of carbonyl (C=O) groups excluding carboxylic acids is 1. The first-order chi connectivity index (χ1) is 7.79. The van der Waals surface area contributed by atoms with Crippen LogP contribution in [0, 0.1) is 6.92 Å². The van der Waals surface area contributed by atoms with Gasteiger partial charge in [0.1, 0.15) is 0 Å². The van der Waals surface area contributed by atoms with Crippen molar-refractivity contribution in [3.63, 3.8) is 0 Å². The van der Waals surface area contributed by atoms with Gasteiger partial charge in [-0.3, -0.25) is 9.48 Å². The third kappa shape index (κ3) is 2.85. The zero-order chi connectivity index (χ0) is 13.2. The fraction of sp³-hybridized carbons (Fsp3) is 0.600. The largest absolute Gasteiger partial charge is 0.272 e. The summed E-state index contributed by atoms with van der Waals surface area (Å²) in [5.41, 5.74) is 0.904. The zero-order valence-electron chi connectivity index (χ0n) is 10.4. The zero-order valence-corrected chi connectivity index (χ0v) is 11.2. The van der Waals surface area contributed by atoms with Gasteiger partial charge in [0.15, 0.2) is 0 Å². The lowest BCUT2D eigenvalue weighted by Gasteiger charge is -2.11. The van der Waals surface area contributed by atoms with Gasteiger partial charge in [-0.25, -0.2) is 13.1 Å². The van der Waals surface area contributed by atoms with Gasteiger partial charge in [0.05, 0.1) is 17.0 Å². The molecule has 1 aromatic heterocycles. The molecule has 1 atom stereocenters. The Balaban J connectivity index is 2.91. The first kappa shape index (κ1) is 13.7. The summed E-state index contributed by atoms with van der Waals surface area (Å²) in [7, 11) is -1.91. The number of aryl methyl sites for hydroxylation is 1. The smallest absolute Gasteiger partial charge is 0.268 e. The van der Waals surface area contributed by atoms with E-state index in [2.05, 4.69) is 9.82 Å². The van der Waals surface area contributed by atoms with E-state index in [1.807, 2.05) is 0 Å². The van der Waals surface area contributed by atoms with Crippen LogP contribution < -0.4 is 4.72 Å². The second-order valence-electron chi connectivity index (χ2n) is 3.96. The minimum Gasteiger partial charge on any atom is -0.272 e. The highest BCUT2D eigenvalue weighted by atomic mass is 32.2. The molecule has 1 heterocycles. The number of nitrogens with zero attached hydrogens (tertiary/aromatic N) is 2. The maximum absolute atomic E-state index is 11.8. The maximum atomic E-state index is 11.8. The summed E-state index contributed by atoms with van der Waals surface area (Å²) in [6.45, 7) is 5.02. The van der Waals surface area contributed by atoms with Crippen molar-refractivity contribution in [2.75, 3.05) is 0 Å². The summed E-state index contributed by atoms with van der Waals surface area (Å²) in [6, 6.07) is 0. The number of nitrogens with one attached hydrogen (secondary N) is 1. The van der Waals surface area contributed by atoms with Gasteiger partial charge in [-0.15, -0.1) is 0 Å². The lowest BCUT2D eigenvalue weighted by molar-refractivity contribution is 0.0980. The highest BCUT2D eigenvalue weighted by molar-refractivity contribution is 7.90. The number of hydrogen-bond donors (Lipinski definition) is 1. The van der Waals surface area contributed by atoms with Crippen molar-refractivity contribution < 1.29 is 13.2 Å². The average Bonchev–Trinajstić information content (AvgIpc) is 2.58. The van der Waals surface area contributed by atoms with Crippen molar-refractivity contribution in [1.82, 2.24) is 14.5 Å². The second kappa shape index (κ2) is 4.87. The Morgan fingerprint density at radius 1 is 1.59 bits per heavy atom. The summed E-state index contributed by atoms with van der Waals surface area (Å²) in [6.07, 6.45) is 1.81. The summed E-state index contributed by atoms with van der Waals surface area (Å²) in [4.78, 5) is 11.8. The van der Waals surface area contributed by atoms with E-state index in [1.165, 1.54) is 10.9 Å². The number of rotatable bonds is 4. The first-order valence-electron chi connectivity index (χ1n) is 5.34. The standard InChI is InChI=1S/C10H17N3O3S/c1-5-7(2)17(15,16)12-10(14)9-6-11-13(4)8(9)3/h6-7H,5H2,1-4H3,(H,12,14)/t7-/m0/s1. The molecule has 0 radical (unpaired) electrons. The molecule has 0 unspecified atom stereocenters. The van der Waals surface area contributed by atoms with Crippen LogP contribution in [-0.4, -0.2) is 29.4 Å². The van der Waals surface area contributed by atoms with E-state index in [9.17, 15) is 13.2 Å². The van der Waals surface area contributed by atoms with E-state index in [1.54, 1.807) is 27.8 Å². The Morgan fingerprint density at radius 3 is 2.59 bits per heavy atom. The molecule has 17 heavy (non-hydrogen) atoms. The SMILES string of the molecule is CC[C@H](C)S(=O)(=O)NC(=O)c1cnn(C)c1C. The molecule has 0 aliphatic rings. The third-order valence-electron chi connectivity index (χ3n) is 2.82. The molecule has 1 aromatic rings. The Hall–Kier alpha value is -1.37. The lowest BCUT2D eigenvalue weighted by Crippen LogP contribution is -2.37. The fourth-order valence-corrected chi connectivity index (χ4v) is 2.23. The molecule has 1 amide bonds. The average molecular weight is 259 g/mol. The number of aromatic nitrogens is 2. The van der Waals surface area contributed by atoms with Gasteiger partial charge in [0, 0.05) is 12.7 Å². The van der Waals surface area contributed by atoms with E-state index in [4.69, 9.17) is 0 Å². The molecule has 0 fully saturated rings. The van der Waals surface area contributed by atoms with Crippen LogP contribution in [0.3, 0.4) is 0 Å². The van der Waals surface area contributed by atoms with Crippen LogP contribution >= 0.6 is 0 Å². The molecule has 1 N–H and O–H groups in total. The van der Waals surface area contributed by atoms with Crippen molar-refractivity contribution in [3.8, 4) is 0 Å². The quantitative estimate of drug-likeness (QED) is 0.858. The van der Waals surface area contributed by atoms with Gasteiger partial charge in [0.2, 0.25) is 10.0 Å². The van der Waals surface area contributed by atoms with Crippen LogP contribution in [0.15, 0.2) is 6.20 Å². The van der Waals surface area contributed by atoms with E-state index in [-0.39, 0.29) is 5.56 Å². The van der Waals surface area contributed by atoms with Gasteiger partial charge in [-0.2, -0.15) is 5.10 Å². The fourth-order valence-electron chi connectivity index (χ4n) is 1.23. The molecule has 0 saturated carbocycles. The molecular formula is C10H17N3O3S. The monoisotopic (exact) mass is 259 g/mol. The van der Waals surface area contributed by atoms with E-state index in [0.29, 0.717) is 12.1 Å². The van der Waals surface area contributed by atoms with E-state index < -0.39 is 21.2 Å². The summed E-state index contributed by atoms with van der Waals surface area (Å²) >= 11 is 0. The molecule has 6 nitrogen and oxygen atoms in total. The molecule has 0 saturated heterocycles. The molecule has 0 spiro atoms. The lowest BCUT2D eigenvalue weighted by atomic mass is 10.2. The van der Waals surface area contributed by atoms with Crippen molar-refractivity contribution in [3.05, 3.63) is 17.5 Å². The van der Waals surface area contributed by atoms with Crippen LogP contribution in [0.5, 0.6) is 0 Å². The summed E-state index contributed by atoms with van der Waals surface area (Å²) in [5, 5.41) is 3.30. The number of carbonyl (C=O) groups is 1. The minimum absolute atomic E-state index is 0.277. The van der Waals surface area contributed by atoms with Gasteiger partial charge < -0.3 is 0 Å². The Morgan fingerprint density at radius 2 is 2.18 bits per heavy atom. The van der Waals surface area contributed by atoms with Crippen molar-refractivity contribution >= 4 is 15.9 Å². The topological polar surface area (TPSA) is 81.1 Å². The third-order valence-corrected chi connectivity index (χ3v) is 4.68. The Labute approximate surface area is 101 Å². The van der Waals surface area contributed by atoms with Crippen LogP contribution in [0.1, 0.15) is 36.3 Å². The van der Waals surface area contributed by atoms with Gasteiger partial charge in [0.25, 0.3) is 5.91 Å². The van der Waals surface area contributed by atoms with E-state index in [0.717, 1.165) is 0 Å². The summed E-state index contributed by atoms with van der Waals surface area (Å²) in [5.74, 6) is -0.629. The molecular weight excluding hydrogens is 242 g/mol. The second-order valence-corrected chi connectivity index (χ2v) is 6.06. The molecule has 7 heteroatoms. The predicted molar refractivity (Wildman–Crippen MR) is 64.1 cm³/mol. The number of amides is 1. The predicted octanol–water partition coefficient (Wildman–Crippen LogP) is 0.587. The molecule has 96 valence electrons. The van der Waals surface area contributed by atoms with Crippen LogP contribution in [0.4, 0.5) is 0 Å². The van der Waals surface area contributed by atoms with E-state index >= 15 is 0 Å². The van der Waals surface area contributed by atoms with Crippen molar-refractivity contribution in [2.45, 2.75) is 32.4 Å². The van der Waals surface area contributed by atoms with Crippen molar-refractivity contribution in [1.29, 1.82) is 0 Å². The van der Waals surface area contributed by atoms with Crippen molar-refractivity contribution in [2.24, 2.45) is 7.05 Å². The van der Waals surface area contributed by atoms with Crippen LogP contribution in [0.2, 0.25) is 0 Å². The first-order valence-corrected chi connectivity index (χ1v) is 6.88. The molecule has 0 bridgehead atoms. The van der Waals surface area contributed by atoms with Gasteiger partial charge in [-0.05, 0) is 20.3 Å². The molecule has 0 aromatic carbocycles. The Bertz CT molecular complexity index is 519. The van der Waals surface area contributed by atoms with Gasteiger partial charge >= 0.3 is 0 Å². The van der Waals surface area contributed by atoms with Gasteiger partial charge in [-0.1, -0.05) is 6.92 Å². The summed E-state index contributed by atoms with van der Waals surface area (Å²) < 4.78 is 27.0. The highest BCUT2D eigenvalue weighted by Gasteiger charge is 2.23. The number of sulfonamides is 1. The molecule has 0 aliphatic heterocycles. The van der Waals surface area contributed by atoms with Crippen LogP contribution in [-0.2, 0) is 17.1 Å². The molecule has 1 rings (SSSR count). The van der Waals surface area contributed by atoms with Crippen LogP contribution in [0.25, 0.3) is 0 Å². The highest BCUT2D eigenvalue weighted by Crippen LogP contribution is 2.08. The number of hydrogen-bond acceptors (Lipinski definition) is 4. The molecule has 0 aliphatic carbocycles.